The van der Waals surface area contributed by atoms with Crippen molar-refractivity contribution in [2.24, 2.45) is 0 Å². The molecule has 0 radical (unpaired) electrons. The molecule has 10 aromatic heterocycles. The molecule has 69 heteroatoms. The minimum Gasteiger partial charge on any atom is -0.394 e. The fourth-order valence-corrected chi connectivity index (χ4v) is 20.7. The molecule has 724 valence electrons. The second-order valence-corrected chi connectivity index (χ2v) is 36.8. The van der Waals surface area contributed by atoms with Gasteiger partial charge < -0.3 is 126 Å². The number of ether oxygens (including phenoxy) is 12. The van der Waals surface area contributed by atoms with Gasteiger partial charge in [-0.25, -0.2) is 72.3 Å². The number of rotatable bonds is 38. The van der Waals surface area contributed by atoms with Gasteiger partial charge >= 0.3 is 50.5 Å². The molecule has 6 saturated heterocycles. The van der Waals surface area contributed by atoms with Crippen LogP contribution < -0.4 is 56.9 Å². The first-order valence-electron chi connectivity index (χ1n) is 39.0. The summed E-state index contributed by atoms with van der Waals surface area (Å²) >= 11 is 0. The first kappa shape index (κ1) is 96.5. The second kappa shape index (κ2) is 38.5. The first-order valence-corrected chi connectivity index (χ1v) is 46.4. The zero-order valence-electron chi connectivity index (χ0n) is 69.4. The summed E-state index contributed by atoms with van der Waals surface area (Å²) in [6, 6.07) is 2.30. The molecule has 29 atom stereocenters. The van der Waals surface area contributed by atoms with Crippen LogP contribution in [0.1, 0.15) is 37.4 Å². The quantitative estimate of drug-likeness (QED) is 0.0162. The van der Waals surface area contributed by atoms with Gasteiger partial charge in [-0.1, -0.05) is 0 Å². The van der Waals surface area contributed by atoms with Crippen LogP contribution in [0, 0.1) is 0 Å². The summed E-state index contributed by atoms with van der Waals surface area (Å²) in [5.74, 6) is -1.45. The third-order valence-electron chi connectivity index (χ3n) is 21.9. The number of H-pyrrole nitrogens is 2. The number of hydrogen-bond acceptors (Lipinski definition) is 51. The van der Waals surface area contributed by atoms with Crippen LogP contribution in [0.5, 0.6) is 0 Å². The average Bonchev–Trinajstić information content (AvgIpc) is 1.61. The molecule has 6 fully saturated rings. The summed E-state index contributed by atoms with van der Waals surface area (Å²) in [5, 5.41) is 22.0. The molecule has 6 aliphatic rings. The first-order chi connectivity index (χ1) is 63.3. The Labute approximate surface area is 741 Å². The van der Waals surface area contributed by atoms with Crippen molar-refractivity contribution in [2.45, 2.75) is 147 Å². The molecule has 133 heavy (non-hydrogen) atoms. The van der Waals surface area contributed by atoms with E-state index < -0.39 is 260 Å². The van der Waals surface area contributed by atoms with Crippen molar-refractivity contribution in [1.82, 2.24) is 97.2 Å². The van der Waals surface area contributed by atoms with Crippen molar-refractivity contribution >= 4 is 119 Å². The molecule has 0 saturated carbocycles. The largest absolute Gasteiger partial charge is 0.472 e. The molecular formula is C64H85N26O38P5. The Kier molecular flexibility index (Phi) is 27.9. The van der Waals surface area contributed by atoms with Gasteiger partial charge in [0.05, 0.1) is 65.0 Å². The second-order valence-electron chi connectivity index (χ2n) is 29.7. The molecule has 0 aliphatic carbocycles. The fraction of sp³-hybridized carbons (Fsp3) is 0.562. The van der Waals surface area contributed by atoms with E-state index in [0.717, 1.165) is 90.5 Å². The number of aromatic nitrogens is 20. The lowest BCUT2D eigenvalue weighted by Crippen LogP contribution is -2.40. The Morgan fingerprint density at radius 2 is 0.624 bits per heavy atom. The van der Waals surface area contributed by atoms with Crippen LogP contribution >= 0.6 is 39.1 Å². The van der Waals surface area contributed by atoms with Gasteiger partial charge in [0.25, 0.3) is 11.1 Å². The summed E-state index contributed by atoms with van der Waals surface area (Å²) < 4.78 is 207. The van der Waals surface area contributed by atoms with Crippen molar-refractivity contribution in [2.75, 3.05) is 117 Å². The van der Waals surface area contributed by atoms with E-state index in [2.05, 4.69) is 69.8 Å². The molecule has 0 bridgehead atoms. The van der Waals surface area contributed by atoms with Crippen molar-refractivity contribution < 1.29 is 160 Å². The van der Waals surface area contributed by atoms with Gasteiger partial charge in [-0.3, -0.25) is 92.2 Å². The standard InChI is InChI=1S/C64H85N26O38P5/c1-107-41-35(92)24(119-55(41)87-19-75-31-47(67)71-17-73-49(31)87)12-113-129(97,98)125-37-25(120-56(43(37)109-3)85-9-7-29(65)79-63(85)95)13-115-132(103,104)128-40-28(123-60(46(40)112-6)90-22-78-34-52(90)82-62(70)84-54(34)94)16-117-131(101,102)126-38-26(121-57(44(38)110-4)86-10-8-30(66)80-64(86)96)14-116-133(105,106)127-39-27(122-59(45(39)111-5)89-21-77-33-51(89)81-61(69)83-53(33)93)15-114-130(99,100)124-36-23(11-91)118-58(42(36)108-2)88-20-76-32-48(68)72-18-74-50(32)88/h7-10,17-28,35-46,55-60,91-92H,11-16H2,1-6H3,(H,97,98)(H,99,100)(H,101,102)(H,103,104)(H,105,106)(H2,65,79,95)(H2,66,80,96)(H2,67,71,73)(H2,68,72,74)(H3,69,81,83,93)(H3,70,82,84,94)/t23-,24-,25-,26-,27-,28-,35-,36-,37-,38-,39-,40-,41-,42-,43-,44-,45-,46-,55-,56-,57-,58-,59-,60-/m1/s1. The van der Waals surface area contributed by atoms with E-state index in [1.165, 1.54) is 42.1 Å². The summed E-state index contributed by atoms with van der Waals surface area (Å²) in [5.41, 5.74) is 31.0. The number of hydrogen-bond donors (Lipinski definition) is 15. The van der Waals surface area contributed by atoms with E-state index in [-0.39, 0.29) is 67.9 Å². The lowest BCUT2D eigenvalue weighted by atomic mass is 10.1. The highest BCUT2D eigenvalue weighted by Crippen LogP contribution is 2.58. The van der Waals surface area contributed by atoms with Crippen molar-refractivity contribution in [1.29, 1.82) is 0 Å². The normalized spacial score (nSPS) is 31.4. The van der Waals surface area contributed by atoms with Crippen LogP contribution in [0.2, 0.25) is 0 Å². The van der Waals surface area contributed by atoms with E-state index in [1.54, 1.807) is 0 Å². The maximum absolute atomic E-state index is 14.9. The van der Waals surface area contributed by atoms with Crippen LogP contribution in [0.15, 0.2) is 81.7 Å². The molecule has 21 N–H and O–H groups in total. The summed E-state index contributed by atoms with van der Waals surface area (Å²) in [7, 11) is -22.0. The predicted octanol–water partition coefficient (Wildman–Crippen LogP) is -4.72. The highest BCUT2D eigenvalue weighted by Gasteiger charge is 2.59. The molecule has 10 aromatic rings. The number of aliphatic hydroxyl groups excluding tert-OH is 2. The van der Waals surface area contributed by atoms with Gasteiger partial charge in [0.15, 0.2) is 82.6 Å². The van der Waals surface area contributed by atoms with E-state index in [4.69, 9.17) is 136 Å². The summed E-state index contributed by atoms with van der Waals surface area (Å²) in [6.07, 6.45) is -31.9. The molecule has 0 spiro atoms. The zero-order valence-corrected chi connectivity index (χ0v) is 73.9. The van der Waals surface area contributed by atoms with Gasteiger partial charge in [-0.15, -0.1) is 0 Å². The molecule has 0 aromatic carbocycles. The average molecular weight is 1980 g/mol. The smallest absolute Gasteiger partial charge is 0.394 e. The number of methoxy groups -OCH3 is 6. The van der Waals surface area contributed by atoms with Gasteiger partial charge in [-0.05, 0) is 12.1 Å². The van der Waals surface area contributed by atoms with Crippen molar-refractivity contribution in [3.05, 3.63) is 104 Å². The molecule has 0 amide bonds. The number of nitrogens with two attached hydrogens (primary N) is 6. The third-order valence-corrected chi connectivity index (χ3v) is 26.8. The van der Waals surface area contributed by atoms with E-state index in [1.807, 2.05) is 0 Å². The maximum atomic E-state index is 14.9. The molecular weight excluding hydrogens is 1900 g/mol. The number of nitrogen functional groups attached to an aromatic ring is 6. The molecule has 5 unspecified atom stereocenters. The zero-order chi connectivity index (χ0) is 95.0. The van der Waals surface area contributed by atoms with Crippen LogP contribution in [0.25, 0.3) is 44.7 Å². The number of nitrogens with one attached hydrogen (secondary N) is 2. The summed E-state index contributed by atoms with van der Waals surface area (Å²) in [6.45, 7) is -6.70. The van der Waals surface area contributed by atoms with Crippen LogP contribution in [-0.2, 0) is 125 Å². The Balaban J connectivity index is 0.646. The van der Waals surface area contributed by atoms with E-state index in [0.29, 0.717) is 0 Å². The number of anilines is 6. The number of fused-ring (bicyclic) bond motifs is 4. The van der Waals surface area contributed by atoms with Gasteiger partial charge in [-0.2, -0.15) is 19.9 Å². The molecule has 16 rings (SSSR count). The number of phosphoric ester groups is 5. The third kappa shape index (κ3) is 19.5. The Morgan fingerprint density at radius 3 is 0.932 bits per heavy atom. The topological polar surface area (TPSA) is 870 Å². The Bertz CT molecular complexity index is 6450. The fourth-order valence-electron chi connectivity index (χ4n) is 15.9. The minimum absolute atomic E-state index is 0.00831. The minimum atomic E-state index is -5.91. The van der Waals surface area contributed by atoms with Crippen LogP contribution in [-0.4, -0.2) is 324 Å². The number of aliphatic hydroxyl groups is 2. The molecule has 16 heterocycles. The highest BCUT2D eigenvalue weighted by molar-refractivity contribution is 7.48. The van der Waals surface area contributed by atoms with Gasteiger partial charge in [0.2, 0.25) is 11.9 Å². The van der Waals surface area contributed by atoms with E-state index in [9.17, 15) is 76.7 Å². The van der Waals surface area contributed by atoms with Gasteiger partial charge in [0.1, 0.15) is 145 Å². The van der Waals surface area contributed by atoms with Gasteiger partial charge in [0, 0.05) is 55.1 Å². The van der Waals surface area contributed by atoms with Crippen LogP contribution in [0.3, 0.4) is 0 Å². The summed E-state index contributed by atoms with van der Waals surface area (Å²) in [4.78, 5) is 166. The monoisotopic (exact) mass is 1980 g/mol. The Morgan fingerprint density at radius 1 is 0.353 bits per heavy atom. The highest BCUT2D eigenvalue weighted by atomic mass is 31.2. The lowest BCUT2D eigenvalue weighted by Gasteiger charge is -2.28. The SMILES string of the molecule is CO[C@@H]1[C@H](OP(=O)(O)OC[C@H]2O[C@@H](n3cnc4c(N)ncnc43)[C@H](OC)[C@@H]2O)[C@@H](COP(=O)(O)O[C@H]2[C@@H](OC)[C@H](n3cnc4c(=O)[nH]c(N)nc43)O[C@@H]2COP(=O)(O)O[C@H]2[C@@H](OC)[C@H](n3ccc(N)nc3=O)O[C@@H]2COP(=O)(O)O[C@H]2[C@@H](OC)[C@H](n3cnc4c(=O)[nH]c(N)nc43)O[C@@H]2COP(=O)(O)O[C@H]2[C@@H](OC)[C@H](n3cnc4c(N)ncnc43)O[C@@H]2CO)O[C@H]1n1ccc(N)nc1=O. The maximum Gasteiger partial charge on any atom is 0.472 e. The molecule has 64 nitrogen and oxygen atoms in total. The lowest BCUT2D eigenvalue weighted by molar-refractivity contribution is -0.0675. The number of phosphoric acid groups is 5. The van der Waals surface area contributed by atoms with E-state index >= 15 is 0 Å². The molecule has 6 aliphatic heterocycles. The predicted molar refractivity (Wildman–Crippen MR) is 435 cm³/mol. The van der Waals surface area contributed by atoms with Crippen LogP contribution in [0.4, 0.5) is 35.2 Å². The number of aromatic amines is 2. The number of nitrogens with zero attached hydrogens (tertiary/aromatic N) is 18. The number of imidazole rings is 4. The van der Waals surface area contributed by atoms with Crippen molar-refractivity contribution in [3.8, 4) is 0 Å². The van der Waals surface area contributed by atoms with Crippen molar-refractivity contribution in [3.63, 3.8) is 0 Å². The Hall–Kier alpha value is -9.65.